The van der Waals surface area contributed by atoms with Gasteiger partial charge in [-0.25, -0.2) is 4.99 Å². The average molecular weight is 451 g/mol. The molecule has 0 amide bonds. The summed E-state index contributed by atoms with van der Waals surface area (Å²) in [6, 6.07) is 4.39. The number of nitrogens with zero attached hydrogens (tertiary/aromatic N) is 2. The van der Waals surface area contributed by atoms with Gasteiger partial charge in [-0.3, -0.25) is 4.90 Å². The SMILES string of the molecule is CO[C@]12C=C[C@@]3(CC1C(C)N=C=S)[C@H]1Cc4ccc(O)c5c4[C@@]3(CCN1CC1CC1)[C@H]2O5. The summed E-state index contributed by atoms with van der Waals surface area (Å²) in [7, 11) is 1.80. The van der Waals surface area contributed by atoms with Gasteiger partial charge in [-0.05, 0) is 75.3 Å². The molecular formula is C26H30N2O3S. The molecule has 1 aromatic rings. The molecule has 6 heteroatoms. The number of ether oxygens (including phenoxy) is 2. The molecule has 7 atom stereocenters. The van der Waals surface area contributed by atoms with Gasteiger partial charge in [0.1, 0.15) is 11.7 Å². The zero-order valence-corrected chi connectivity index (χ0v) is 19.5. The summed E-state index contributed by atoms with van der Waals surface area (Å²) in [4.78, 5) is 7.31. The molecule has 8 rings (SSSR count). The van der Waals surface area contributed by atoms with Gasteiger partial charge in [0.05, 0.1) is 16.6 Å². The smallest absolute Gasteiger partial charge is 0.165 e. The second-order valence-corrected chi connectivity index (χ2v) is 11.2. The van der Waals surface area contributed by atoms with Gasteiger partial charge in [-0.15, -0.1) is 0 Å². The van der Waals surface area contributed by atoms with E-state index in [9.17, 15) is 5.11 Å². The first-order valence-corrected chi connectivity index (χ1v) is 12.5. The summed E-state index contributed by atoms with van der Waals surface area (Å²) in [6.45, 7) is 4.42. The minimum atomic E-state index is -0.597. The van der Waals surface area contributed by atoms with E-state index in [-0.39, 0.29) is 34.6 Å². The van der Waals surface area contributed by atoms with E-state index < -0.39 is 5.60 Å². The number of methoxy groups -OCH3 is 1. The van der Waals surface area contributed by atoms with Gasteiger partial charge in [-0.2, -0.15) is 0 Å². The van der Waals surface area contributed by atoms with E-state index in [2.05, 4.69) is 40.2 Å². The third-order valence-corrected chi connectivity index (χ3v) is 10.1. The number of phenols is 1. The summed E-state index contributed by atoms with van der Waals surface area (Å²) < 4.78 is 13.2. The summed E-state index contributed by atoms with van der Waals surface area (Å²) in [5.41, 5.74) is 1.81. The van der Waals surface area contributed by atoms with Crippen LogP contribution >= 0.6 is 12.2 Å². The molecule has 2 heterocycles. The lowest BCUT2D eigenvalue weighted by Crippen LogP contribution is -2.80. The van der Waals surface area contributed by atoms with Crippen molar-refractivity contribution >= 4 is 17.4 Å². The van der Waals surface area contributed by atoms with Crippen LogP contribution in [0.2, 0.25) is 0 Å². The number of aromatic hydroxyl groups is 1. The Bertz CT molecular complexity index is 1090. The molecule has 0 radical (unpaired) electrons. The second-order valence-electron chi connectivity index (χ2n) is 11.0. The number of piperidine rings is 1. The first-order chi connectivity index (χ1) is 15.5. The van der Waals surface area contributed by atoms with Crippen LogP contribution in [0.1, 0.15) is 43.7 Å². The maximum atomic E-state index is 10.9. The van der Waals surface area contributed by atoms with Gasteiger partial charge < -0.3 is 14.6 Å². The quantitative estimate of drug-likeness (QED) is 0.419. The predicted molar refractivity (Wildman–Crippen MR) is 125 cm³/mol. The fourth-order valence-corrected chi connectivity index (χ4v) is 8.72. The largest absolute Gasteiger partial charge is 0.504 e. The van der Waals surface area contributed by atoms with E-state index in [0.29, 0.717) is 11.8 Å². The Kier molecular flexibility index (Phi) is 3.84. The van der Waals surface area contributed by atoms with Crippen LogP contribution in [0.25, 0.3) is 0 Å². The average Bonchev–Trinajstić information content (AvgIpc) is 3.54. The highest BCUT2D eigenvalue weighted by molar-refractivity contribution is 7.78. The minimum absolute atomic E-state index is 0.00783. The number of hydrogen-bond donors (Lipinski definition) is 1. The Balaban J connectivity index is 1.49. The fourth-order valence-electron chi connectivity index (χ4n) is 8.55. The number of benzene rings is 1. The number of fused-ring (bicyclic) bond motifs is 1. The van der Waals surface area contributed by atoms with E-state index in [1.54, 1.807) is 7.11 Å². The first kappa shape index (κ1) is 19.7. The van der Waals surface area contributed by atoms with Gasteiger partial charge in [0.2, 0.25) is 0 Å². The summed E-state index contributed by atoms with van der Waals surface area (Å²) in [6.07, 6.45) is 10.4. The molecule has 1 aromatic carbocycles. The molecule has 1 N–H and O–H groups in total. The highest BCUT2D eigenvalue weighted by Crippen LogP contribution is 2.75. The second kappa shape index (κ2) is 6.24. The van der Waals surface area contributed by atoms with E-state index >= 15 is 0 Å². The standard InChI is InChI=1S/C26H30N2O3S/c1-15(27-14-32)18-12-24-7-8-26(18,30-2)23-25(24)9-10-28(13-16-3-4-16)20(24)11-17-5-6-19(29)22(31-23)21(17)25/h5-8,15-16,18,20,23,29H,3-4,9-13H2,1-2H3/t15?,18?,20-,23-,24-,25+,26-/m1/s1. The summed E-state index contributed by atoms with van der Waals surface area (Å²) in [5.74, 6) is 1.96. The molecular weight excluding hydrogens is 420 g/mol. The molecule has 1 saturated heterocycles. The minimum Gasteiger partial charge on any atom is -0.504 e. The predicted octanol–water partition coefficient (Wildman–Crippen LogP) is 3.88. The molecule has 7 aliphatic rings. The summed E-state index contributed by atoms with van der Waals surface area (Å²) in [5, 5.41) is 13.5. The zero-order chi connectivity index (χ0) is 21.9. The van der Waals surface area contributed by atoms with Crippen LogP contribution in [0.5, 0.6) is 11.5 Å². The molecule has 168 valence electrons. The lowest BCUT2D eigenvalue weighted by Gasteiger charge is -2.71. The number of thiocarbonyl (C=S) groups is 1. The molecule has 5 nitrogen and oxygen atoms in total. The van der Waals surface area contributed by atoms with E-state index in [0.717, 1.165) is 31.7 Å². The van der Waals surface area contributed by atoms with Crippen molar-refractivity contribution in [1.82, 2.24) is 4.90 Å². The van der Waals surface area contributed by atoms with E-state index in [1.807, 2.05) is 6.07 Å². The number of likely N-dealkylation sites (tertiary alicyclic amines) is 1. The number of hydrogen-bond acceptors (Lipinski definition) is 6. The van der Waals surface area contributed by atoms with Gasteiger partial charge in [0.25, 0.3) is 0 Å². The third-order valence-electron chi connectivity index (χ3n) is 10.00. The Morgan fingerprint density at radius 1 is 1.38 bits per heavy atom. The third kappa shape index (κ3) is 2.05. The maximum absolute atomic E-state index is 10.9. The van der Waals surface area contributed by atoms with E-state index in [4.69, 9.17) is 21.7 Å². The van der Waals surface area contributed by atoms with Crippen LogP contribution in [-0.4, -0.2) is 59.2 Å². The van der Waals surface area contributed by atoms with Crippen molar-refractivity contribution in [3.63, 3.8) is 0 Å². The van der Waals surface area contributed by atoms with E-state index in [1.165, 1.54) is 30.5 Å². The lowest BCUT2D eigenvalue weighted by atomic mass is 9.36. The van der Waals surface area contributed by atoms with Crippen LogP contribution < -0.4 is 4.74 Å². The Labute approximate surface area is 194 Å². The van der Waals surface area contributed by atoms with Crippen LogP contribution in [0.15, 0.2) is 29.3 Å². The molecule has 32 heavy (non-hydrogen) atoms. The highest BCUT2D eigenvalue weighted by Gasteiger charge is 2.79. The fraction of sp³-hybridized carbons (Fsp3) is 0.654. The van der Waals surface area contributed by atoms with Crippen molar-refractivity contribution in [3.05, 3.63) is 35.4 Å². The van der Waals surface area contributed by atoms with Crippen LogP contribution in [-0.2, 0) is 16.6 Å². The van der Waals surface area contributed by atoms with Gasteiger partial charge in [0, 0.05) is 36.6 Å². The monoisotopic (exact) mass is 450 g/mol. The van der Waals surface area contributed by atoms with Crippen molar-refractivity contribution in [2.24, 2.45) is 22.2 Å². The van der Waals surface area contributed by atoms with Gasteiger partial charge in [-0.1, -0.05) is 18.2 Å². The maximum Gasteiger partial charge on any atom is 0.165 e. The zero-order valence-electron chi connectivity index (χ0n) is 18.7. The molecule has 2 aliphatic heterocycles. The summed E-state index contributed by atoms with van der Waals surface area (Å²) >= 11 is 4.99. The highest BCUT2D eigenvalue weighted by atomic mass is 32.1. The van der Waals surface area contributed by atoms with Crippen molar-refractivity contribution in [1.29, 1.82) is 0 Å². The normalized spacial score (nSPS) is 43.4. The number of aliphatic imine (C=N–C) groups is 1. The van der Waals surface area contributed by atoms with Crippen LogP contribution in [0.3, 0.4) is 0 Å². The van der Waals surface area contributed by atoms with Crippen molar-refractivity contribution in [3.8, 4) is 11.5 Å². The Morgan fingerprint density at radius 2 is 2.22 bits per heavy atom. The molecule has 2 unspecified atom stereocenters. The Morgan fingerprint density at radius 3 is 2.97 bits per heavy atom. The molecule has 3 fully saturated rings. The Hall–Kier alpha value is -1.72. The van der Waals surface area contributed by atoms with Crippen molar-refractivity contribution in [2.75, 3.05) is 20.2 Å². The molecule has 2 spiro atoms. The van der Waals surface area contributed by atoms with Crippen LogP contribution in [0, 0.1) is 17.3 Å². The van der Waals surface area contributed by atoms with Gasteiger partial charge in [0.15, 0.2) is 11.5 Å². The lowest BCUT2D eigenvalue weighted by molar-refractivity contribution is -0.218. The molecule has 4 bridgehead atoms. The first-order valence-electron chi connectivity index (χ1n) is 12.1. The molecule has 0 aromatic heterocycles. The molecule has 2 saturated carbocycles. The van der Waals surface area contributed by atoms with Gasteiger partial charge >= 0.3 is 0 Å². The topological polar surface area (TPSA) is 54.3 Å². The molecule has 5 aliphatic carbocycles. The van der Waals surface area contributed by atoms with Crippen molar-refractivity contribution in [2.45, 2.75) is 68.2 Å². The van der Waals surface area contributed by atoms with Crippen molar-refractivity contribution < 1.29 is 14.6 Å². The number of isothiocyanates is 1. The van der Waals surface area contributed by atoms with Crippen LogP contribution in [0.4, 0.5) is 0 Å². The number of phenolic OH excluding ortho intramolecular Hbond substituents is 1. The number of rotatable bonds is 5.